The molecule has 2 aliphatic carbocycles. The summed E-state index contributed by atoms with van der Waals surface area (Å²) in [6.45, 7) is 5.63. The van der Waals surface area contributed by atoms with Gasteiger partial charge in [0.25, 0.3) is 0 Å². The van der Waals surface area contributed by atoms with Gasteiger partial charge in [0.05, 0.1) is 24.7 Å². The van der Waals surface area contributed by atoms with Crippen LogP contribution < -0.4 is 9.47 Å². The zero-order chi connectivity index (χ0) is 22.1. The van der Waals surface area contributed by atoms with Gasteiger partial charge in [0.2, 0.25) is 11.8 Å². The van der Waals surface area contributed by atoms with E-state index < -0.39 is 5.54 Å². The first-order valence-corrected chi connectivity index (χ1v) is 10.6. The third kappa shape index (κ3) is 2.68. The number of benzene rings is 1. The number of hydrogen-bond donors (Lipinski definition) is 0. The van der Waals surface area contributed by atoms with Crippen molar-refractivity contribution in [3.8, 4) is 17.6 Å². The molecule has 4 aliphatic rings. The molecule has 0 spiro atoms. The van der Waals surface area contributed by atoms with Gasteiger partial charge in [-0.2, -0.15) is 5.26 Å². The average Bonchev–Trinajstić information content (AvgIpc) is 3.45. The first-order valence-electron chi connectivity index (χ1n) is 10.6. The maximum absolute atomic E-state index is 13.3. The van der Waals surface area contributed by atoms with E-state index >= 15 is 0 Å². The number of ether oxygens (including phenoxy) is 2. The molecule has 6 atom stereocenters. The second kappa shape index (κ2) is 6.71. The topological polar surface area (TPSA) is 101 Å². The summed E-state index contributed by atoms with van der Waals surface area (Å²) >= 11 is 0. The van der Waals surface area contributed by atoms with E-state index in [4.69, 9.17) is 19.6 Å². The van der Waals surface area contributed by atoms with Crippen LogP contribution in [0.2, 0.25) is 0 Å². The predicted octanol–water partition coefficient (Wildman–Crippen LogP) is 2.37. The summed E-state index contributed by atoms with van der Waals surface area (Å²) in [6, 6.07) is 7.39. The molecule has 8 nitrogen and oxygen atoms in total. The van der Waals surface area contributed by atoms with E-state index in [0.717, 1.165) is 17.7 Å². The molecule has 2 amide bonds. The van der Waals surface area contributed by atoms with Gasteiger partial charge in [-0.1, -0.05) is 5.16 Å². The predicted molar refractivity (Wildman–Crippen MR) is 109 cm³/mol. The summed E-state index contributed by atoms with van der Waals surface area (Å²) in [5.74, 6) is 0.270. The number of nitriles is 1. The molecule has 162 valence electrons. The van der Waals surface area contributed by atoms with Gasteiger partial charge in [-0.25, -0.2) is 0 Å². The minimum Gasteiger partial charge on any atom is -0.493 e. The van der Waals surface area contributed by atoms with Crippen LogP contribution in [0, 0.1) is 40.9 Å². The smallest absolute Gasteiger partial charge is 0.234 e. The van der Waals surface area contributed by atoms with Crippen LogP contribution >= 0.6 is 0 Å². The van der Waals surface area contributed by atoms with Gasteiger partial charge in [0.15, 0.2) is 18.1 Å². The number of amides is 2. The summed E-state index contributed by atoms with van der Waals surface area (Å²) in [5, 5.41) is 13.1. The van der Waals surface area contributed by atoms with Crippen LogP contribution in [-0.4, -0.2) is 47.8 Å². The molecule has 5 rings (SSSR count). The molecule has 2 heterocycles. The third-order valence-electron chi connectivity index (χ3n) is 7.11. The molecular formula is C23H25N3O5. The molecule has 0 aromatic heterocycles. The molecule has 1 saturated heterocycles. The van der Waals surface area contributed by atoms with Crippen molar-refractivity contribution >= 4 is 17.5 Å². The van der Waals surface area contributed by atoms with E-state index in [2.05, 4.69) is 5.16 Å². The zero-order valence-electron chi connectivity index (χ0n) is 18.0. The molecule has 1 aromatic rings. The Morgan fingerprint density at radius 2 is 1.87 bits per heavy atom. The fourth-order valence-corrected chi connectivity index (χ4v) is 6.08. The van der Waals surface area contributed by atoms with Crippen LogP contribution in [0.3, 0.4) is 0 Å². The van der Waals surface area contributed by atoms with Crippen LogP contribution in [-0.2, 0) is 14.4 Å². The van der Waals surface area contributed by atoms with Crippen molar-refractivity contribution in [1.29, 1.82) is 5.26 Å². The fraction of sp³-hybridized carbons (Fsp3) is 0.565. The lowest BCUT2D eigenvalue weighted by Gasteiger charge is -2.31. The number of rotatable bonds is 4. The lowest BCUT2D eigenvalue weighted by molar-refractivity contribution is -0.146. The highest BCUT2D eigenvalue weighted by Crippen LogP contribution is 2.62. The molecular weight excluding hydrogens is 398 g/mol. The lowest BCUT2D eigenvalue weighted by atomic mass is 9.71. The Hall–Kier alpha value is -3.08. The van der Waals surface area contributed by atoms with E-state index in [0.29, 0.717) is 11.5 Å². The Morgan fingerprint density at radius 1 is 1.16 bits per heavy atom. The second-order valence-electron chi connectivity index (χ2n) is 9.68. The Bertz CT molecular complexity index is 1040. The number of oxime groups is 1. The molecule has 3 fully saturated rings. The zero-order valence-corrected chi connectivity index (χ0v) is 18.0. The summed E-state index contributed by atoms with van der Waals surface area (Å²) < 4.78 is 10.8. The number of imide groups is 1. The summed E-state index contributed by atoms with van der Waals surface area (Å²) in [4.78, 5) is 33.7. The first kappa shape index (κ1) is 19.9. The molecule has 31 heavy (non-hydrogen) atoms. The van der Waals surface area contributed by atoms with Crippen LogP contribution in [0.5, 0.6) is 11.5 Å². The molecule has 0 radical (unpaired) electrons. The Morgan fingerprint density at radius 3 is 2.52 bits per heavy atom. The molecule has 0 N–H and O–H groups in total. The highest BCUT2D eigenvalue weighted by molar-refractivity contribution is 6.09. The number of carbonyl (C=O) groups excluding carboxylic acids is 2. The fourth-order valence-electron chi connectivity index (χ4n) is 6.08. The maximum atomic E-state index is 13.3. The molecule has 2 bridgehead atoms. The van der Waals surface area contributed by atoms with Crippen LogP contribution in [0.15, 0.2) is 23.4 Å². The molecule has 0 unspecified atom stereocenters. The molecule has 2 aliphatic heterocycles. The molecule has 8 heteroatoms. The summed E-state index contributed by atoms with van der Waals surface area (Å²) in [7, 11) is 1.54. The number of fused-ring (bicyclic) bond motifs is 8. The normalized spacial score (nSPS) is 33.0. The average molecular weight is 423 g/mol. The minimum atomic E-state index is -0.530. The second-order valence-corrected chi connectivity index (χ2v) is 9.68. The number of carbonyl (C=O) groups is 2. The van der Waals surface area contributed by atoms with Crippen LogP contribution in [0.25, 0.3) is 0 Å². The summed E-state index contributed by atoms with van der Waals surface area (Å²) in [6.07, 6.45) is 0.623. The Kier molecular flexibility index (Phi) is 4.30. The minimum absolute atomic E-state index is 0.00480. The molecule has 2 saturated carbocycles. The number of nitrogens with zero attached hydrogens (tertiary/aromatic N) is 3. The van der Waals surface area contributed by atoms with Crippen molar-refractivity contribution in [1.82, 2.24) is 4.90 Å². The Labute approximate surface area is 180 Å². The van der Waals surface area contributed by atoms with Gasteiger partial charge in [-0.3, -0.25) is 14.5 Å². The Balaban J connectivity index is 1.45. The van der Waals surface area contributed by atoms with Crippen molar-refractivity contribution in [2.75, 3.05) is 13.7 Å². The van der Waals surface area contributed by atoms with E-state index in [-0.39, 0.29) is 54.1 Å². The van der Waals surface area contributed by atoms with Crippen molar-refractivity contribution in [2.45, 2.75) is 38.8 Å². The number of hydrogen-bond acceptors (Lipinski definition) is 7. The SMILES string of the molecule is COc1cc(C2=NO[C@@H]3[C@H]4C[C@H]([C@H]5C(=O)N(C(C)(C)C)C(=O)[C@@H]45)[C@H]23)ccc1OCC#N. The first-order chi connectivity index (χ1) is 14.8. The van der Waals surface area contributed by atoms with Gasteiger partial charge >= 0.3 is 0 Å². The highest BCUT2D eigenvalue weighted by atomic mass is 16.6. The van der Waals surface area contributed by atoms with E-state index in [9.17, 15) is 9.59 Å². The highest BCUT2D eigenvalue weighted by Gasteiger charge is 2.71. The number of methoxy groups -OCH3 is 1. The van der Waals surface area contributed by atoms with E-state index in [1.54, 1.807) is 13.2 Å². The van der Waals surface area contributed by atoms with Crippen LogP contribution in [0.4, 0.5) is 0 Å². The van der Waals surface area contributed by atoms with Crippen LogP contribution in [0.1, 0.15) is 32.8 Å². The van der Waals surface area contributed by atoms with E-state index in [1.807, 2.05) is 39.0 Å². The van der Waals surface area contributed by atoms with Crippen molar-refractivity contribution in [3.05, 3.63) is 23.8 Å². The van der Waals surface area contributed by atoms with Gasteiger partial charge < -0.3 is 14.3 Å². The lowest BCUT2D eigenvalue weighted by Crippen LogP contribution is -2.46. The maximum Gasteiger partial charge on any atom is 0.234 e. The van der Waals surface area contributed by atoms with Crippen molar-refractivity contribution in [3.63, 3.8) is 0 Å². The van der Waals surface area contributed by atoms with Crippen molar-refractivity contribution in [2.24, 2.45) is 34.7 Å². The largest absolute Gasteiger partial charge is 0.493 e. The standard InChI is InChI=1S/C23H25N3O5/c1-23(2,3)26-21(27)16-12-10-13(17(16)22(26)28)20-18(12)19(25-31-20)11-5-6-14(30-8-7-24)15(9-11)29-4/h5-6,9,12-13,16-18,20H,8,10H2,1-4H3/t12-,13+,16-,17+,18-,20-/m1/s1. The quantitative estimate of drug-likeness (QED) is 0.689. The van der Waals surface area contributed by atoms with Gasteiger partial charge in [0, 0.05) is 22.9 Å². The molecule has 1 aromatic carbocycles. The summed E-state index contributed by atoms with van der Waals surface area (Å²) in [5.41, 5.74) is 1.09. The van der Waals surface area contributed by atoms with Gasteiger partial charge in [-0.05, 0) is 51.3 Å². The third-order valence-corrected chi connectivity index (χ3v) is 7.11. The van der Waals surface area contributed by atoms with Crippen molar-refractivity contribution < 1.29 is 23.9 Å². The van der Waals surface area contributed by atoms with Gasteiger partial charge in [0.1, 0.15) is 12.2 Å². The van der Waals surface area contributed by atoms with E-state index in [1.165, 1.54) is 4.90 Å². The van der Waals surface area contributed by atoms with Gasteiger partial charge in [-0.15, -0.1) is 0 Å². The number of likely N-dealkylation sites (tertiary alicyclic amines) is 1. The monoisotopic (exact) mass is 423 g/mol.